The van der Waals surface area contributed by atoms with Gasteiger partial charge in [-0.05, 0) is 66.8 Å². The van der Waals surface area contributed by atoms with Gasteiger partial charge in [0, 0.05) is 5.70 Å². The van der Waals surface area contributed by atoms with Gasteiger partial charge in [-0.25, -0.2) is 0 Å². The zero-order chi connectivity index (χ0) is 17.3. The van der Waals surface area contributed by atoms with E-state index in [1.165, 1.54) is 16.7 Å². The Labute approximate surface area is 142 Å². The van der Waals surface area contributed by atoms with Crippen molar-refractivity contribution in [3.63, 3.8) is 0 Å². The summed E-state index contributed by atoms with van der Waals surface area (Å²) in [6.07, 6.45) is 0.706. The van der Waals surface area contributed by atoms with Crippen molar-refractivity contribution in [2.24, 2.45) is 0 Å². The minimum Gasteiger partial charge on any atom is -0.497 e. The molecule has 1 unspecified atom stereocenters. The number of methoxy groups -OCH3 is 1. The van der Waals surface area contributed by atoms with E-state index in [1.807, 2.05) is 13.0 Å². The number of hydrogen-bond donors (Lipinski definition) is 2. The first kappa shape index (κ1) is 16.1. The van der Waals surface area contributed by atoms with Crippen molar-refractivity contribution in [3.05, 3.63) is 64.5 Å². The van der Waals surface area contributed by atoms with Crippen LogP contribution in [0.5, 0.6) is 5.75 Å². The van der Waals surface area contributed by atoms with Crippen LogP contribution in [0.15, 0.2) is 47.8 Å². The fraction of sp³-hybridized carbons (Fsp3) is 0.250. The Morgan fingerprint density at radius 3 is 2.33 bits per heavy atom. The van der Waals surface area contributed by atoms with Crippen LogP contribution in [0.25, 0.3) is 11.1 Å². The van der Waals surface area contributed by atoms with Gasteiger partial charge in [-0.1, -0.05) is 18.2 Å². The molecule has 0 bridgehead atoms. The van der Waals surface area contributed by atoms with Crippen molar-refractivity contribution < 1.29 is 9.53 Å². The largest absolute Gasteiger partial charge is 0.497 e. The van der Waals surface area contributed by atoms with E-state index in [0.717, 1.165) is 28.9 Å². The van der Waals surface area contributed by atoms with Gasteiger partial charge in [0.25, 0.3) is 0 Å². The lowest BCUT2D eigenvalue weighted by Gasteiger charge is -2.18. The number of carbonyl (C=O) groups is 1. The van der Waals surface area contributed by atoms with Crippen molar-refractivity contribution in [2.45, 2.75) is 26.9 Å². The van der Waals surface area contributed by atoms with Crippen LogP contribution in [-0.2, 0) is 4.79 Å². The zero-order valence-electron chi connectivity index (χ0n) is 14.4. The maximum Gasteiger partial charge on any atom is 0.167 e. The standard InChI is InChI=1S/C20H22N2O2/c1-12-6-5-7-13(2)19(12)15-8-16(10-17(9-15)24-4)20-21-14(3)18(11-23)22-20/h5-11,20-22H,1-4H3. The molecule has 0 fully saturated rings. The Balaban J connectivity index is 2.06. The van der Waals surface area contributed by atoms with Crippen LogP contribution in [0.2, 0.25) is 0 Å². The van der Waals surface area contributed by atoms with E-state index in [2.05, 4.69) is 54.8 Å². The van der Waals surface area contributed by atoms with E-state index in [1.54, 1.807) is 7.11 Å². The molecule has 4 nitrogen and oxygen atoms in total. The molecule has 1 aliphatic rings. The Bertz CT molecular complexity index is 804. The molecule has 2 aromatic rings. The molecule has 0 aromatic heterocycles. The molecule has 3 rings (SSSR count). The molecule has 2 N–H and O–H groups in total. The minimum atomic E-state index is -0.136. The van der Waals surface area contributed by atoms with E-state index in [-0.39, 0.29) is 6.17 Å². The summed E-state index contributed by atoms with van der Waals surface area (Å²) in [5, 5.41) is 6.52. The summed E-state index contributed by atoms with van der Waals surface area (Å²) in [6, 6.07) is 12.5. The molecule has 4 heteroatoms. The molecule has 0 saturated carbocycles. The lowest BCUT2D eigenvalue weighted by molar-refractivity contribution is -0.105. The third-order valence-electron chi connectivity index (χ3n) is 4.45. The topological polar surface area (TPSA) is 50.4 Å². The highest BCUT2D eigenvalue weighted by Gasteiger charge is 2.22. The van der Waals surface area contributed by atoms with Crippen LogP contribution in [0.1, 0.15) is 29.8 Å². The quantitative estimate of drug-likeness (QED) is 0.845. The predicted octanol–water partition coefficient (Wildman–Crippen LogP) is 3.60. The van der Waals surface area contributed by atoms with Crippen LogP contribution in [0.3, 0.4) is 0 Å². The first-order valence-corrected chi connectivity index (χ1v) is 7.98. The molecule has 1 heterocycles. The second kappa shape index (κ2) is 6.40. The van der Waals surface area contributed by atoms with Gasteiger partial charge in [0.05, 0.1) is 12.8 Å². The molecular formula is C20H22N2O2. The van der Waals surface area contributed by atoms with E-state index < -0.39 is 0 Å². The average Bonchev–Trinajstić information content (AvgIpc) is 2.95. The number of allylic oxidation sites excluding steroid dienone is 2. The van der Waals surface area contributed by atoms with Crippen molar-refractivity contribution in [3.8, 4) is 16.9 Å². The molecule has 24 heavy (non-hydrogen) atoms. The summed E-state index contributed by atoms with van der Waals surface area (Å²) >= 11 is 0. The van der Waals surface area contributed by atoms with Gasteiger partial charge < -0.3 is 15.4 Å². The van der Waals surface area contributed by atoms with Gasteiger partial charge in [0.1, 0.15) is 11.9 Å². The molecule has 0 radical (unpaired) electrons. The van der Waals surface area contributed by atoms with Crippen LogP contribution in [0, 0.1) is 13.8 Å². The third-order valence-corrected chi connectivity index (χ3v) is 4.45. The average molecular weight is 322 g/mol. The Hall–Kier alpha value is -2.75. The highest BCUT2D eigenvalue weighted by atomic mass is 16.5. The molecule has 1 aliphatic heterocycles. The number of rotatable bonds is 4. The van der Waals surface area contributed by atoms with Crippen molar-refractivity contribution >= 4 is 6.29 Å². The Kier molecular flexibility index (Phi) is 4.30. The molecule has 0 amide bonds. The van der Waals surface area contributed by atoms with Crippen LogP contribution in [-0.4, -0.2) is 13.4 Å². The first-order valence-electron chi connectivity index (χ1n) is 7.98. The number of nitrogens with one attached hydrogen (secondary N) is 2. The minimum absolute atomic E-state index is 0.136. The number of benzene rings is 2. The Morgan fingerprint density at radius 1 is 1.04 bits per heavy atom. The second-order valence-corrected chi connectivity index (χ2v) is 6.14. The van der Waals surface area contributed by atoms with Gasteiger partial charge in [0.15, 0.2) is 6.29 Å². The monoisotopic (exact) mass is 322 g/mol. The summed E-state index contributed by atoms with van der Waals surface area (Å²) < 4.78 is 5.50. The predicted molar refractivity (Wildman–Crippen MR) is 95.7 cm³/mol. The smallest absolute Gasteiger partial charge is 0.167 e. The molecule has 124 valence electrons. The Morgan fingerprint density at radius 2 is 1.75 bits per heavy atom. The normalized spacial score (nSPS) is 16.6. The van der Waals surface area contributed by atoms with Crippen molar-refractivity contribution in [2.75, 3.05) is 7.11 Å². The molecular weight excluding hydrogens is 300 g/mol. The molecule has 0 saturated heterocycles. The van der Waals surface area contributed by atoms with Crippen molar-refractivity contribution in [1.29, 1.82) is 0 Å². The van der Waals surface area contributed by atoms with Crippen LogP contribution >= 0.6 is 0 Å². The van der Waals surface area contributed by atoms with E-state index in [0.29, 0.717) is 5.70 Å². The number of carbonyl (C=O) groups excluding carboxylic acids is 1. The highest BCUT2D eigenvalue weighted by molar-refractivity contribution is 5.75. The highest BCUT2D eigenvalue weighted by Crippen LogP contribution is 2.33. The van der Waals surface area contributed by atoms with Gasteiger partial charge in [-0.2, -0.15) is 0 Å². The number of ether oxygens (including phenoxy) is 1. The molecule has 1 atom stereocenters. The maximum atomic E-state index is 11.1. The maximum absolute atomic E-state index is 11.1. The summed E-state index contributed by atoms with van der Waals surface area (Å²) in [4.78, 5) is 11.1. The zero-order valence-corrected chi connectivity index (χ0v) is 14.4. The molecule has 0 aliphatic carbocycles. The van der Waals surface area contributed by atoms with E-state index in [4.69, 9.17) is 4.74 Å². The summed E-state index contributed by atoms with van der Waals surface area (Å²) in [6.45, 7) is 6.12. The summed E-state index contributed by atoms with van der Waals surface area (Å²) in [5.74, 6) is 0.797. The number of hydrogen-bond acceptors (Lipinski definition) is 4. The fourth-order valence-electron chi connectivity index (χ4n) is 3.20. The summed E-state index contributed by atoms with van der Waals surface area (Å²) in [5.41, 5.74) is 7.26. The first-order chi connectivity index (χ1) is 11.5. The number of aryl methyl sites for hydroxylation is 2. The van der Waals surface area contributed by atoms with Crippen LogP contribution in [0.4, 0.5) is 0 Å². The fourth-order valence-corrected chi connectivity index (χ4v) is 3.20. The van der Waals surface area contributed by atoms with Crippen LogP contribution < -0.4 is 15.4 Å². The van der Waals surface area contributed by atoms with E-state index in [9.17, 15) is 4.79 Å². The third kappa shape index (κ3) is 2.87. The lowest BCUT2D eigenvalue weighted by Crippen LogP contribution is -2.23. The second-order valence-electron chi connectivity index (χ2n) is 6.14. The molecule has 2 aromatic carbocycles. The van der Waals surface area contributed by atoms with Gasteiger partial charge in [-0.3, -0.25) is 4.79 Å². The number of aldehydes is 1. The van der Waals surface area contributed by atoms with E-state index >= 15 is 0 Å². The summed E-state index contributed by atoms with van der Waals surface area (Å²) in [7, 11) is 1.67. The van der Waals surface area contributed by atoms with Gasteiger partial charge in [0.2, 0.25) is 0 Å². The van der Waals surface area contributed by atoms with Crippen molar-refractivity contribution in [1.82, 2.24) is 10.6 Å². The lowest BCUT2D eigenvalue weighted by atomic mass is 9.94. The molecule has 0 spiro atoms. The van der Waals surface area contributed by atoms with Gasteiger partial charge >= 0.3 is 0 Å². The van der Waals surface area contributed by atoms with Gasteiger partial charge in [-0.15, -0.1) is 0 Å². The SMILES string of the molecule is COc1cc(-c2c(C)cccc2C)cc(C2NC(C)=C(C=O)N2)c1.